The highest BCUT2D eigenvalue weighted by atomic mass is 19.1. The Morgan fingerprint density at radius 3 is 2.67 bits per heavy atom. The van der Waals surface area contributed by atoms with Crippen molar-refractivity contribution >= 4 is 34.7 Å². The van der Waals surface area contributed by atoms with Gasteiger partial charge in [0.2, 0.25) is 11.9 Å². The third-order valence-corrected chi connectivity index (χ3v) is 3.39. The molecule has 2 aromatic carbocycles. The third kappa shape index (κ3) is 3.24. The van der Waals surface area contributed by atoms with E-state index in [2.05, 4.69) is 20.6 Å². The van der Waals surface area contributed by atoms with Gasteiger partial charge in [0.05, 0.1) is 11.0 Å². The summed E-state index contributed by atoms with van der Waals surface area (Å²) in [5.74, 6) is -1.33. The Labute approximate surface area is 136 Å². The second-order valence-corrected chi connectivity index (χ2v) is 5.03. The first kappa shape index (κ1) is 15.7. The number of amides is 1. The Hall–Kier alpha value is -3.22. The van der Waals surface area contributed by atoms with Crippen molar-refractivity contribution in [2.75, 3.05) is 17.7 Å². The highest BCUT2D eigenvalue weighted by molar-refractivity contribution is 6.02. The Morgan fingerprint density at radius 2 is 1.96 bits per heavy atom. The summed E-state index contributed by atoms with van der Waals surface area (Å²) in [4.78, 5) is 19.2. The first-order valence-electron chi connectivity index (χ1n) is 7.17. The van der Waals surface area contributed by atoms with Crippen LogP contribution in [0.25, 0.3) is 17.1 Å². The van der Waals surface area contributed by atoms with Gasteiger partial charge in [0, 0.05) is 24.4 Å². The maximum atomic E-state index is 13.5. The molecule has 3 N–H and O–H groups in total. The molecular formula is C17H14F2N4O. The quantitative estimate of drug-likeness (QED) is 0.642. The van der Waals surface area contributed by atoms with Crippen LogP contribution in [0.5, 0.6) is 0 Å². The summed E-state index contributed by atoms with van der Waals surface area (Å²) in [5.41, 5.74) is 1.79. The van der Waals surface area contributed by atoms with Crippen molar-refractivity contribution in [1.29, 1.82) is 0 Å². The molecule has 0 radical (unpaired) electrons. The summed E-state index contributed by atoms with van der Waals surface area (Å²) < 4.78 is 27.0. The number of benzene rings is 2. The van der Waals surface area contributed by atoms with Gasteiger partial charge in [-0.1, -0.05) is 6.07 Å². The average molecular weight is 328 g/mol. The highest BCUT2D eigenvalue weighted by Gasteiger charge is 2.07. The van der Waals surface area contributed by atoms with Gasteiger partial charge in [0.15, 0.2) is 0 Å². The van der Waals surface area contributed by atoms with E-state index in [1.807, 2.05) is 0 Å². The van der Waals surface area contributed by atoms with Crippen LogP contribution in [0.1, 0.15) is 5.56 Å². The smallest absolute Gasteiger partial charge is 0.248 e. The molecule has 0 saturated carbocycles. The van der Waals surface area contributed by atoms with E-state index >= 15 is 0 Å². The molecule has 3 aromatic rings. The number of aromatic amines is 1. The van der Waals surface area contributed by atoms with Crippen LogP contribution in [0.3, 0.4) is 0 Å². The molecule has 5 nitrogen and oxygen atoms in total. The van der Waals surface area contributed by atoms with Gasteiger partial charge in [-0.3, -0.25) is 4.79 Å². The lowest BCUT2D eigenvalue weighted by Gasteiger charge is -2.02. The van der Waals surface area contributed by atoms with E-state index in [0.717, 1.165) is 35.3 Å². The zero-order chi connectivity index (χ0) is 17.1. The number of anilines is 2. The fraction of sp³-hybridized carbons (Fsp3) is 0.0588. The molecule has 122 valence electrons. The van der Waals surface area contributed by atoms with Gasteiger partial charge in [-0.25, -0.2) is 13.8 Å². The van der Waals surface area contributed by atoms with Crippen LogP contribution < -0.4 is 10.6 Å². The number of halogens is 2. The largest absolute Gasteiger partial charge is 0.359 e. The van der Waals surface area contributed by atoms with Gasteiger partial charge in [-0.15, -0.1) is 0 Å². The Bertz CT molecular complexity index is 913. The third-order valence-electron chi connectivity index (χ3n) is 3.39. The minimum atomic E-state index is -0.725. The summed E-state index contributed by atoms with van der Waals surface area (Å²) in [6.07, 6.45) is 2.19. The van der Waals surface area contributed by atoms with Crippen molar-refractivity contribution in [1.82, 2.24) is 9.97 Å². The summed E-state index contributed by atoms with van der Waals surface area (Å²) in [5, 5.41) is 5.52. The molecule has 1 aromatic heterocycles. The number of aromatic nitrogens is 2. The Kier molecular flexibility index (Phi) is 4.24. The van der Waals surface area contributed by atoms with Gasteiger partial charge >= 0.3 is 0 Å². The minimum absolute atomic E-state index is 0.254. The first-order valence-corrected chi connectivity index (χ1v) is 7.17. The molecule has 0 fully saturated rings. The molecule has 7 heteroatoms. The standard InChI is InChI=1S/C17H14F2N4O/c1-20-17-22-14-7-5-10(9-15(14)23-17)21-16(24)8-6-11-12(18)3-2-4-13(11)19/h2-9H,1H3,(H,21,24)(H2,20,22,23)/b8-6+. The zero-order valence-electron chi connectivity index (χ0n) is 12.7. The molecule has 24 heavy (non-hydrogen) atoms. The molecule has 0 aliphatic heterocycles. The summed E-state index contributed by atoms with van der Waals surface area (Å²) in [7, 11) is 1.74. The van der Waals surface area contributed by atoms with Crippen LogP contribution in [0.4, 0.5) is 20.4 Å². The second kappa shape index (κ2) is 6.49. The predicted molar refractivity (Wildman–Crippen MR) is 89.7 cm³/mol. The molecule has 0 aliphatic rings. The lowest BCUT2D eigenvalue weighted by molar-refractivity contribution is -0.111. The van der Waals surface area contributed by atoms with Crippen LogP contribution in [0.2, 0.25) is 0 Å². The molecule has 0 aliphatic carbocycles. The predicted octanol–water partition coefficient (Wildman–Crippen LogP) is 3.53. The normalized spacial score (nSPS) is 11.1. The molecule has 3 rings (SSSR count). The van der Waals surface area contributed by atoms with Crippen LogP contribution in [-0.4, -0.2) is 22.9 Å². The summed E-state index contributed by atoms with van der Waals surface area (Å²) >= 11 is 0. The molecule has 0 spiro atoms. The zero-order valence-corrected chi connectivity index (χ0v) is 12.7. The van der Waals surface area contributed by atoms with Gasteiger partial charge in [-0.2, -0.15) is 0 Å². The van der Waals surface area contributed by atoms with Crippen LogP contribution in [0.15, 0.2) is 42.5 Å². The van der Waals surface area contributed by atoms with Crippen molar-refractivity contribution in [2.45, 2.75) is 0 Å². The number of carbonyl (C=O) groups is 1. The minimum Gasteiger partial charge on any atom is -0.359 e. The molecule has 0 bridgehead atoms. The molecule has 1 heterocycles. The number of H-pyrrole nitrogens is 1. The van der Waals surface area contributed by atoms with Crippen molar-refractivity contribution in [3.05, 3.63) is 59.7 Å². The van der Waals surface area contributed by atoms with Crippen molar-refractivity contribution < 1.29 is 13.6 Å². The fourth-order valence-corrected chi connectivity index (χ4v) is 2.22. The van der Waals surface area contributed by atoms with Gasteiger partial charge in [0.25, 0.3) is 0 Å². The average Bonchev–Trinajstić information content (AvgIpc) is 2.97. The number of hydrogen-bond donors (Lipinski definition) is 3. The summed E-state index contributed by atoms with van der Waals surface area (Å²) in [6.45, 7) is 0. The van der Waals surface area contributed by atoms with Crippen LogP contribution in [0, 0.1) is 11.6 Å². The van der Waals surface area contributed by atoms with Crippen molar-refractivity contribution in [3.8, 4) is 0 Å². The number of rotatable bonds is 4. The fourth-order valence-electron chi connectivity index (χ4n) is 2.22. The number of imidazole rings is 1. The number of carbonyl (C=O) groups excluding carboxylic acids is 1. The lowest BCUT2D eigenvalue weighted by Crippen LogP contribution is -2.07. The van der Waals surface area contributed by atoms with E-state index in [9.17, 15) is 13.6 Å². The topological polar surface area (TPSA) is 69.8 Å². The lowest BCUT2D eigenvalue weighted by atomic mass is 10.2. The molecule has 0 saturated heterocycles. The van der Waals surface area contributed by atoms with Gasteiger partial charge in [-0.05, 0) is 36.4 Å². The molecule has 1 amide bonds. The Morgan fingerprint density at radius 1 is 1.21 bits per heavy atom. The van der Waals surface area contributed by atoms with E-state index in [4.69, 9.17) is 0 Å². The van der Waals surface area contributed by atoms with Gasteiger partial charge in [0.1, 0.15) is 11.6 Å². The van der Waals surface area contributed by atoms with E-state index in [0.29, 0.717) is 11.6 Å². The van der Waals surface area contributed by atoms with Gasteiger partial charge < -0.3 is 15.6 Å². The maximum absolute atomic E-state index is 13.5. The second-order valence-electron chi connectivity index (χ2n) is 5.03. The summed E-state index contributed by atoms with van der Waals surface area (Å²) in [6, 6.07) is 8.69. The van der Waals surface area contributed by atoms with Crippen LogP contribution >= 0.6 is 0 Å². The van der Waals surface area contributed by atoms with E-state index in [1.54, 1.807) is 25.2 Å². The number of nitrogens with zero attached hydrogens (tertiary/aromatic N) is 1. The number of hydrogen-bond acceptors (Lipinski definition) is 3. The first-order chi connectivity index (χ1) is 11.6. The number of fused-ring (bicyclic) bond motifs is 1. The van der Waals surface area contributed by atoms with Crippen LogP contribution in [-0.2, 0) is 4.79 Å². The number of nitrogens with one attached hydrogen (secondary N) is 3. The van der Waals surface area contributed by atoms with E-state index in [1.165, 1.54) is 6.07 Å². The van der Waals surface area contributed by atoms with Crippen molar-refractivity contribution in [3.63, 3.8) is 0 Å². The molecular weight excluding hydrogens is 314 g/mol. The molecule has 0 atom stereocenters. The maximum Gasteiger partial charge on any atom is 0.248 e. The SMILES string of the molecule is CNc1nc2ccc(NC(=O)/C=C/c3c(F)cccc3F)cc2[nH]1. The Balaban J connectivity index is 1.76. The monoisotopic (exact) mass is 328 g/mol. The van der Waals surface area contributed by atoms with E-state index in [-0.39, 0.29) is 5.56 Å². The molecule has 0 unspecified atom stereocenters. The highest BCUT2D eigenvalue weighted by Crippen LogP contribution is 2.19. The van der Waals surface area contributed by atoms with E-state index < -0.39 is 17.5 Å². The van der Waals surface area contributed by atoms with Crippen molar-refractivity contribution in [2.24, 2.45) is 0 Å².